The van der Waals surface area contributed by atoms with Gasteiger partial charge in [-0.2, -0.15) is 0 Å². The quantitative estimate of drug-likeness (QED) is 0.614. The number of hydrogen-bond acceptors (Lipinski definition) is 3. The van der Waals surface area contributed by atoms with Gasteiger partial charge in [-0.1, -0.05) is 30.3 Å². The van der Waals surface area contributed by atoms with E-state index in [4.69, 9.17) is 4.74 Å². The average Bonchev–Trinajstić information content (AvgIpc) is 2.36. The number of methoxy groups -OCH3 is 1. The summed E-state index contributed by atoms with van der Waals surface area (Å²) in [6, 6.07) is 9.10. The molecule has 1 atom stereocenters. The van der Waals surface area contributed by atoms with Crippen LogP contribution in [0.1, 0.15) is 11.6 Å². The van der Waals surface area contributed by atoms with E-state index in [0.29, 0.717) is 13.1 Å². The molecule has 0 aliphatic rings. The summed E-state index contributed by atoms with van der Waals surface area (Å²) >= 11 is 0. The summed E-state index contributed by atoms with van der Waals surface area (Å²) in [7, 11) is 1.39. The van der Waals surface area contributed by atoms with Gasteiger partial charge in [0.2, 0.25) is 0 Å². The number of nitrogens with zero attached hydrogens (tertiary/aromatic N) is 1. The van der Waals surface area contributed by atoms with Gasteiger partial charge in [-0.25, -0.2) is 4.79 Å². The Kier molecular flexibility index (Phi) is 8.66. The SMILES string of the molecule is [CH2-]CN(C[CH2-])C(C(=O)OC)c1ccccc1.[Y]. The molecule has 1 unspecified atom stereocenters. The fourth-order valence-corrected chi connectivity index (χ4v) is 1.61. The van der Waals surface area contributed by atoms with Gasteiger partial charge >= 0.3 is 5.97 Å². The molecular formula is C13H17NO2Y-2. The summed E-state index contributed by atoms with van der Waals surface area (Å²) in [4.78, 5) is 13.6. The van der Waals surface area contributed by atoms with Crippen LogP contribution in [0.15, 0.2) is 30.3 Å². The van der Waals surface area contributed by atoms with E-state index in [0.717, 1.165) is 5.56 Å². The van der Waals surface area contributed by atoms with E-state index in [-0.39, 0.29) is 38.7 Å². The molecule has 0 N–H and O–H groups in total. The maximum atomic E-state index is 11.8. The molecule has 0 saturated heterocycles. The number of benzene rings is 1. The molecule has 91 valence electrons. The second-order valence-electron chi connectivity index (χ2n) is 3.37. The Morgan fingerprint density at radius 3 is 2.24 bits per heavy atom. The van der Waals surface area contributed by atoms with Crippen molar-refractivity contribution in [1.82, 2.24) is 4.90 Å². The Labute approximate surface area is 128 Å². The number of ether oxygens (including phenoxy) is 1. The van der Waals surface area contributed by atoms with Gasteiger partial charge in [-0.3, -0.25) is 0 Å². The fraction of sp³-hybridized carbons (Fsp3) is 0.308. The maximum Gasteiger partial charge on any atom is 0.327 e. The molecule has 0 aliphatic heterocycles. The molecule has 1 radical (unpaired) electrons. The zero-order valence-electron chi connectivity index (χ0n) is 10.1. The summed E-state index contributed by atoms with van der Waals surface area (Å²) < 4.78 is 4.82. The second-order valence-corrected chi connectivity index (χ2v) is 3.37. The average molecular weight is 308 g/mol. The molecule has 4 heteroatoms. The predicted octanol–water partition coefficient (Wildman–Crippen LogP) is 1.87. The maximum absolute atomic E-state index is 11.8. The van der Waals surface area contributed by atoms with Crippen LogP contribution >= 0.6 is 0 Å². The number of carbonyl (C=O) groups is 1. The van der Waals surface area contributed by atoms with Gasteiger partial charge in [0.05, 0.1) is 7.11 Å². The smallest absolute Gasteiger partial charge is 0.327 e. The number of hydrogen-bond donors (Lipinski definition) is 0. The van der Waals surface area contributed by atoms with E-state index in [9.17, 15) is 4.79 Å². The minimum absolute atomic E-state index is 0. The summed E-state index contributed by atoms with van der Waals surface area (Å²) in [6.07, 6.45) is 0. The first kappa shape index (κ1) is 16.8. The third kappa shape index (κ3) is 4.49. The Hall–Kier alpha value is -0.246. The molecule has 0 heterocycles. The van der Waals surface area contributed by atoms with Crippen LogP contribution in [0.2, 0.25) is 0 Å². The van der Waals surface area contributed by atoms with Crippen molar-refractivity contribution in [3.8, 4) is 0 Å². The largest absolute Gasteiger partial charge is 0.468 e. The Morgan fingerprint density at radius 2 is 1.82 bits per heavy atom. The summed E-state index contributed by atoms with van der Waals surface area (Å²) in [5.74, 6) is -0.279. The third-order valence-electron chi connectivity index (χ3n) is 2.48. The number of carbonyl (C=O) groups excluding carboxylic acids is 1. The van der Waals surface area contributed by atoms with E-state index in [1.165, 1.54) is 7.11 Å². The van der Waals surface area contributed by atoms with Gasteiger partial charge in [0.1, 0.15) is 6.04 Å². The molecule has 1 rings (SSSR count). The fourth-order valence-electron chi connectivity index (χ4n) is 1.61. The third-order valence-corrected chi connectivity index (χ3v) is 2.48. The van der Waals surface area contributed by atoms with Crippen LogP contribution < -0.4 is 0 Å². The van der Waals surface area contributed by atoms with Gasteiger partial charge in [-0.15, -0.1) is 13.1 Å². The zero-order valence-corrected chi connectivity index (χ0v) is 13.0. The van der Waals surface area contributed by atoms with Crippen molar-refractivity contribution < 1.29 is 42.2 Å². The van der Waals surface area contributed by atoms with Crippen LogP contribution in [-0.2, 0) is 42.2 Å². The Bertz CT molecular complexity index is 325. The Balaban J connectivity index is 0.00000256. The monoisotopic (exact) mass is 308 g/mol. The van der Waals surface area contributed by atoms with E-state index in [1.807, 2.05) is 35.2 Å². The Morgan fingerprint density at radius 1 is 1.29 bits per heavy atom. The van der Waals surface area contributed by atoms with Crippen LogP contribution in [0.4, 0.5) is 0 Å². The molecule has 0 spiro atoms. The number of esters is 1. The molecule has 0 amide bonds. The van der Waals surface area contributed by atoms with Crippen molar-refractivity contribution in [2.45, 2.75) is 6.04 Å². The molecule has 1 aromatic carbocycles. The normalized spacial score (nSPS) is 11.8. The molecule has 0 aromatic heterocycles. The summed E-state index contributed by atoms with van der Waals surface area (Å²) in [5, 5.41) is 0. The van der Waals surface area contributed by atoms with Crippen molar-refractivity contribution in [3.63, 3.8) is 0 Å². The molecular weight excluding hydrogens is 291 g/mol. The summed E-state index contributed by atoms with van der Waals surface area (Å²) in [6.45, 7) is 8.62. The van der Waals surface area contributed by atoms with Gasteiger partial charge in [0.25, 0.3) is 0 Å². The second kappa shape index (κ2) is 8.79. The van der Waals surface area contributed by atoms with E-state index >= 15 is 0 Å². The van der Waals surface area contributed by atoms with Crippen LogP contribution in [-0.4, -0.2) is 31.1 Å². The minimum atomic E-state index is -0.416. The number of rotatable bonds is 5. The van der Waals surface area contributed by atoms with Crippen LogP contribution in [0.5, 0.6) is 0 Å². The molecule has 0 aliphatic carbocycles. The molecule has 0 bridgehead atoms. The minimum Gasteiger partial charge on any atom is -0.468 e. The van der Waals surface area contributed by atoms with Crippen molar-refractivity contribution in [3.05, 3.63) is 49.7 Å². The van der Waals surface area contributed by atoms with Crippen molar-refractivity contribution in [2.75, 3.05) is 20.2 Å². The van der Waals surface area contributed by atoms with Gasteiger partial charge in [0, 0.05) is 32.7 Å². The van der Waals surface area contributed by atoms with Gasteiger partial charge in [0.15, 0.2) is 0 Å². The first-order valence-corrected chi connectivity index (χ1v) is 5.20. The molecule has 1 aromatic rings. The first-order valence-electron chi connectivity index (χ1n) is 5.20. The predicted molar refractivity (Wildman–Crippen MR) is 63.5 cm³/mol. The van der Waals surface area contributed by atoms with Crippen molar-refractivity contribution >= 4 is 5.97 Å². The van der Waals surface area contributed by atoms with E-state index < -0.39 is 6.04 Å². The van der Waals surface area contributed by atoms with Crippen molar-refractivity contribution in [2.24, 2.45) is 0 Å². The summed E-state index contributed by atoms with van der Waals surface area (Å²) in [5.41, 5.74) is 0.904. The first-order chi connectivity index (χ1) is 7.74. The molecule has 0 fully saturated rings. The topological polar surface area (TPSA) is 29.5 Å². The van der Waals surface area contributed by atoms with Gasteiger partial charge in [-0.05, 0) is 5.56 Å². The van der Waals surface area contributed by atoms with Gasteiger partial charge < -0.3 is 23.5 Å². The zero-order chi connectivity index (χ0) is 12.0. The van der Waals surface area contributed by atoms with Crippen LogP contribution in [0.25, 0.3) is 0 Å². The molecule has 17 heavy (non-hydrogen) atoms. The van der Waals surface area contributed by atoms with Crippen LogP contribution in [0, 0.1) is 13.8 Å². The van der Waals surface area contributed by atoms with Crippen molar-refractivity contribution in [1.29, 1.82) is 0 Å². The van der Waals surface area contributed by atoms with E-state index in [1.54, 1.807) is 0 Å². The molecule has 3 nitrogen and oxygen atoms in total. The molecule has 0 saturated carbocycles. The standard InChI is InChI=1S/C13H17NO2.Y/c1-4-14(5-2)12(13(15)16-3)11-9-7-6-8-10-11;/h6-10,12H,1-2,4-5H2,3H3;/q-2;. The van der Waals surface area contributed by atoms with Crippen LogP contribution in [0.3, 0.4) is 0 Å². The van der Waals surface area contributed by atoms with E-state index in [2.05, 4.69) is 13.8 Å².